The van der Waals surface area contributed by atoms with Gasteiger partial charge in [0.25, 0.3) is 0 Å². The first-order chi connectivity index (χ1) is 7.83. The third-order valence-electron chi connectivity index (χ3n) is 3.45. The minimum absolute atomic E-state index is 0.568. The number of methoxy groups -OCH3 is 1. The molecule has 2 N–H and O–H groups in total. The maximum atomic E-state index is 4.99. The zero-order valence-electron chi connectivity index (χ0n) is 10.9. The van der Waals surface area contributed by atoms with E-state index in [0.29, 0.717) is 6.04 Å². The van der Waals surface area contributed by atoms with Crippen LogP contribution < -0.4 is 10.6 Å². The first kappa shape index (κ1) is 13.9. The SMILES string of the molecule is COCCNCC(C)NCCC1CCCC1. The van der Waals surface area contributed by atoms with Gasteiger partial charge < -0.3 is 15.4 Å². The fraction of sp³-hybridized carbons (Fsp3) is 1.00. The van der Waals surface area contributed by atoms with Gasteiger partial charge >= 0.3 is 0 Å². The molecule has 0 aromatic heterocycles. The summed E-state index contributed by atoms with van der Waals surface area (Å²) < 4.78 is 4.99. The van der Waals surface area contributed by atoms with Crippen LogP contribution in [0.25, 0.3) is 0 Å². The lowest BCUT2D eigenvalue weighted by atomic mass is 10.0. The fourth-order valence-electron chi connectivity index (χ4n) is 2.40. The number of nitrogens with one attached hydrogen (secondary N) is 2. The highest BCUT2D eigenvalue weighted by molar-refractivity contribution is 4.70. The summed E-state index contributed by atoms with van der Waals surface area (Å²) in [6.45, 7) is 6.21. The van der Waals surface area contributed by atoms with Crippen molar-refractivity contribution < 1.29 is 4.74 Å². The van der Waals surface area contributed by atoms with E-state index >= 15 is 0 Å². The van der Waals surface area contributed by atoms with Crippen LogP contribution in [0.15, 0.2) is 0 Å². The summed E-state index contributed by atoms with van der Waals surface area (Å²) in [6, 6.07) is 0.568. The molecule has 1 rings (SSSR count). The molecular weight excluding hydrogens is 200 g/mol. The standard InChI is InChI=1S/C13H28N2O/c1-12(11-14-9-10-16-2)15-8-7-13-5-3-4-6-13/h12-15H,3-11H2,1-2H3. The Bertz CT molecular complexity index is 158. The highest BCUT2D eigenvalue weighted by Crippen LogP contribution is 2.26. The molecular formula is C13H28N2O. The molecule has 0 spiro atoms. The van der Waals surface area contributed by atoms with Crippen molar-refractivity contribution in [1.29, 1.82) is 0 Å². The van der Waals surface area contributed by atoms with Crippen molar-refractivity contribution in [1.82, 2.24) is 10.6 Å². The summed E-state index contributed by atoms with van der Waals surface area (Å²) in [5, 5.41) is 6.96. The number of hydrogen-bond donors (Lipinski definition) is 2. The molecule has 0 aromatic carbocycles. The van der Waals surface area contributed by atoms with Gasteiger partial charge in [0.05, 0.1) is 6.61 Å². The molecule has 0 heterocycles. The molecule has 1 aliphatic carbocycles. The Morgan fingerprint density at radius 1 is 1.25 bits per heavy atom. The highest BCUT2D eigenvalue weighted by Gasteiger charge is 2.14. The zero-order valence-corrected chi connectivity index (χ0v) is 10.9. The van der Waals surface area contributed by atoms with E-state index in [0.717, 1.165) is 25.6 Å². The summed E-state index contributed by atoms with van der Waals surface area (Å²) >= 11 is 0. The Labute approximate surface area is 100 Å². The first-order valence-corrected chi connectivity index (χ1v) is 6.76. The van der Waals surface area contributed by atoms with Gasteiger partial charge in [-0.05, 0) is 25.8 Å². The average Bonchev–Trinajstić information content (AvgIpc) is 2.77. The van der Waals surface area contributed by atoms with Crippen molar-refractivity contribution in [3.8, 4) is 0 Å². The molecule has 1 saturated carbocycles. The van der Waals surface area contributed by atoms with E-state index in [1.807, 2.05) is 0 Å². The molecule has 1 fully saturated rings. The summed E-state index contributed by atoms with van der Waals surface area (Å²) in [7, 11) is 1.74. The van der Waals surface area contributed by atoms with Gasteiger partial charge in [-0.15, -0.1) is 0 Å². The maximum Gasteiger partial charge on any atom is 0.0587 e. The van der Waals surface area contributed by atoms with Crippen molar-refractivity contribution in [2.75, 3.05) is 33.4 Å². The van der Waals surface area contributed by atoms with Crippen LogP contribution in [0.2, 0.25) is 0 Å². The van der Waals surface area contributed by atoms with Gasteiger partial charge in [-0.2, -0.15) is 0 Å². The van der Waals surface area contributed by atoms with Crippen LogP contribution in [0.1, 0.15) is 39.0 Å². The third kappa shape index (κ3) is 6.46. The van der Waals surface area contributed by atoms with Crippen molar-refractivity contribution in [2.24, 2.45) is 5.92 Å². The molecule has 0 bridgehead atoms. The van der Waals surface area contributed by atoms with E-state index in [1.165, 1.54) is 38.6 Å². The van der Waals surface area contributed by atoms with Crippen molar-refractivity contribution >= 4 is 0 Å². The molecule has 3 nitrogen and oxygen atoms in total. The van der Waals surface area contributed by atoms with Gasteiger partial charge in [0.15, 0.2) is 0 Å². The van der Waals surface area contributed by atoms with Crippen LogP contribution >= 0.6 is 0 Å². The third-order valence-corrected chi connectivity index (χ3v) is 3.45. The van der Waals surface area contributed by atoms with E-state index in [1.54, 1.807) is 7.11 Å². The number of rotatable bonds is 9. The van der Waals surface area contributed by atoms with Gasteiger partial charge in [0, 0.05) is 26.2 Å². The second-order valence-electron chi connectivity index (χ2n) is 4.99. The largest absolute Gasteiger partial charge is 0.383 e. The van der Waals surface area contributed by atoms with E-state index in [4.69, 9.17) is 4.74 Å². The minimum atomic E-state index is 0.568. The fourth-order valence-corrected chi connectivity index (χ4v) is 2.40. The van der Waals surface area contributed by atoms with Crippen molar-refractivity contribution in [2.45, 2.75) is 45.1 Å². The Morgan fingerprint density at radius 3 is 2.69 bits per heavy atom. The summed E-state index contributed by atoms with van der Waals surface area (Å²) in [4.78, 5) is 0. The number of ether oxygens (including phenoxy) is 1. The lowest BCUT2D eigenvalue weighted by molar-refractivity contribution is 0.198. The summed E-state index contributed by atoms with van der Waals surface area (Å²) in [6.07, 6.45) is 7.20. The molecule has 0 amide bonds. The Hall–Kier alpha value is -0.120. The Balaban J connectivity index is 1.87. The van der Waals surface area contributed by atoms with Gasteiger partial charge in [-0.3, -0.25) is 0 Å². The molecule has 0 aromatic rings. The van der Waals surface area contributed by atoms with Gasteiger partial charge in [0.1, 0.15) is 0 Å². The molecule has 3 heteroatoms. The second kappa shape index (κ2) is 8.97. The van der Waals surface area contributed by atoms with Crippen LogP contribution in [0.4, 0.5) is 0 Å². The molecule has 0 aliphatic heterocycles. The van der Waals surface area contributed by atoms with Gasteiger partial charge in [-0.25, -0.2) is 0 Å². The smallest absolute Gasteiger partial charge is 0.0587 e. The van der Waals surface area contributed by atoms with E-state index in [9.17, 15) is 0 Å². The zero-order chi connectivity index (χ0) is 11.6. The normalized spacial score (nSPS) is 19.1. The summed E-state index contributed by atoms with van der Waals surface area (Å²) in [5.74, 6) is 1.00. The average molecular weight is 228 g/mol. The Morgan fingerprint density at radius 2 is 2.00 bits per heavy atom. The quantitative estimate of drug-likeness (QED) is 0.590. The maximum absolute atomic E-state index is 4.99. The predicted octanol–water partition coefficient (Wildman–Crippen LogP) is 1.78. The molecule has 96 valence electrons. The molecule has 0 radical (unpaired) electrons. The number of hydrogen-bond acceptors (Lipinski definition) is 3. The van der Waals surface area contributed by atoms with Crippen LogP contribution in [0.3, 0.4) is 0 Å². The lowest BCUT2D eigenvalue weighted by Crippen LogP contribution is -2.38. The lowest BCUT2D eigenvalue weighted by Gasteiger charge is -2.16. The van der Waals surface area contributed by atoms with Crippen LogP contribution in [0.5, 0.6) is 0 Å². The van der Waals surface area contributed by atoms with E-state index in [-0.39, 0.29) is 0 Å². The molecule has 16 heavy (non-hydrogen) atoms. The molecule has 0 saturated heterocycles. The van der Waals surface area contributed by atoms with E-state index < -0.39 is 0 Å². The van der Waals surface area contributed by atoms with Crippen molar-refractivity contribution in [3.05, 3.63) is 0 Å². The second-order valence-corrected chi connectivity index (χ2v) is 4.99. The first-order valence-electron chi connectivity index (χ1n) is 6.76. The van der Waals surface area contributed by atoms with Crippen LogP contribution in [-0.2, 0) is 4.74 Å². The topological polar surface area (TPSA) is 33.3 Å². The van der Waals surface area contributed by atoms with Gasteiger partial charge in [0.2, 0.25) is 0 Å². The van der Waals surface area contributed by atoms with Crippen LogP contribution in [-0.4, -0.2) is 39.4 Å². The highest BCUT2D eigenvalue weighted by atomic mass is 16.5. The Kier molecular flexibility index (Phi) is 7.81. The van der Waals surface area contributed by atoms with E-state index in [2.05, 4.69) is 17.6 Å². The molecule has 1 aliphatic rings. The van der Waals surface area contributed by atoms with Crippen LogP contribution in [0, 0.1) is 5.92 Å². The molecule has 1 atom stereocenters. The molecule has 1 unspecified atom stereocenters. The van der Waals surface area contributed by atoms with Gasteiger partial charge in [-0.1, -0.05) is 25.7 Å². The summed E-state index contributed by atoms with van der Waals surface area (Å²) in [5.41, 5.74) is 0. The van der Waals surface area contributed by atoms with Crippen molar-refractivity contribution in [3.63, 3.8) is 0 Å². The predicted molar refractivity (Wildman–Crippen MR) is 68.8 cm³/mol. The monoisotopic (exact) mass is 228 g/mol. The minimum Gasteiger partial charge on any atom is -0.383 e.